The van der Waals surface area contributed by atoms with Crippen LogP contribution < -0.4 is 5.32 Å². The van der Waals surface area contributed by atoms with Crippen LogP contribution in [-0.2, 0) is 4.74 Å². The van der Waals surface area contributed by atoms with Crippen LogP contribution in [0.3, 0.4) is 0 Å². The Bertz CT molecular complexity index is 221. The molecular weight excluding hydrogens is 174 g/mol. The minimum absolute atomic E-state index is 0.520. The molecule has 0 unspecified atom stereocenters. The first-order valence-electron chi connectivity index (χ1n) is 4.06. The summed E-state index contributed by atoms with van der Waals surface area (Å²) in [5, 5.41) is 4.24. The van der Waals surface area contributed by atoms with Gasteiger partial charge in [-0.2, -0.15) is 4.37 Å². The molecule has 2 heterocycles. The Labute approximate surface area is 75.1 Å². The van der Waals surface area contributed by atoms with Crippen molar-refractivity contribution in [2.45, 2.75) is 18.9 Å². The van der Waals surface area contributed by atoms with Crippen molar-refractivity contribution in [2.75, 3.05) is 18.5 Å². The van der Waals surface area contributed by atoms with Gasteiger partial charge in [-0.25, -0.2) is 4.98 Å². The standard InChI is InChI=1S/C7H11N3OS/c1-3-11-4-2-6(1)10-7-8-5-9-12-7/h5-6H,1-4H2,(H,8,9,10). The van der Waals surface area contributed by atoms with Gasteiger partial charge < -0.3 is 10.1 Å². The maximum Gasteiger partial charge on any atom is 0.202 e. The van der Waals surface area contributed by atoms with Crippen LogP contribution >= 0.6 is 11.5 Å². The van der Waals surface area contributed by atoms with Crippen molar-refractivity contribution in [1.29, 1.82) is 0 Å². The van der Waals surface area contributed by atoms with Crippen LogP contribution in [0.2, 0.25) is 0 Å². The lowest BCUT2D eigenvalue weighted by atomic mass is 10.1. The fourth-order valence-electron chi connectivity index (χ4n) is 1.25. The van der Waals surface area contributed by atoms with Crippen LogP contribution in [0.5, 0.6) is 0 Å². The highest BCUT2D eigenvalue weighted by Crippen LogP contribution is 2.14. The molecular formula is C7H11N3OS. The van der Waals surface area contributed by atoms with Crippen molar-refractivity contribution >= 4 is 16.7 Å². The fourth-order valence-corrected chi connectivity index (χ4v) is 1.76. The molecule has 1 fully saturated rings. The second-order valence-corrected chi connectivity index (χ2v) is 3.56. The van der Waals surface area contributed by atoms with E-state index in [1.807, 2.05) is 0 Å². The molecule has 1 aliphatic heterocycles. The Morgan fingerprint density at radius 2 is 2.33 bits per heavy atom. The number of nitrogens with one attached hydrogen (secondary N) is 1. The summed E-state index contributed by atoms with van der Waals surface area (Å²) in [5.74, 6) is 0. The number of hydrogen-bond acceptors (Lipinski definition) is 5. The van der Waals surface area contributed by atoms with Gasteiger partial charge in [0.25, 0.3) is 0 Å². The highest BCUT2D eigenvalue weighted by molar-refractivity contribution is 7.09. The topological polar surface area (TPSA) is 47.0 Å². The normalized spacial score (nSPS) is 19.3. The van der Waals surface area contributed by atoms with Gasteiger partial charge in [0.1, 0.15) is 6.33 Å². The van der Waals surface area contributed by atoms with E-state index < -0.39 is 0 Å². The predicted octanol–water partition coefficient (Wildman–Crippen LogP) is 1.13. The maximum absolute atomic E-state index is 5.25. The molecule has 1 aromatic rings. The fraction of sp³-hybridized carbons (Fsp3) is 0.714. The minimum atomic E-state index is 0.520. The van der Waals surface area contributed by atoms with Crippen LogP contribution in [0.1, 0.15) is 12.8 Å². The highest BCUT2D eigenvalue weighted by Gasteiger charge is 2.13. The summed E-state index contributed by atoms with van der Waals surface area (Å²) < 4.78 is 9.17. The van der Waals surface area contributed by atoms with Gasteiger partial charge in [0, 0.05) is 30.8 Å². The van der Waals surface area contributed by atoms with E-state index in [2.05, 4.69) is 14.7 Å². The molecule has 1 saturated heterocycles. The van der Waals surface area contributed by atoms with E-state index in [-0.39, 0.29) is 0 Å². The van der Waals surface area contributed by atoms with Gasteiger partial charge in [-0.1, -0.05) is 0 Å². The molecule has 0 atom stereocenters. The molecule has 12 heavy (non-hydrogen) atoms. The van der Waals surface area contributed by atoms with Gasteiger partial charge in [0.2, 0.25) is 5.13 Å². The Morgan fingerprint density at radius 1 is 1.50 bits per heavy atom. The van der Waals surface area contributed by atoms with Crippen LogP contribution in [0.15, 0.2) is 6.33 Å². The molecule has 0 saturated carbocycles. The van der Waals surface area contributed by atoms with Crippen molar-refractivity contribution in [3.63, 3.8) is 0 Å². The predicted molar refractivity (Wildman–Crippen MR) is 47.4 cm³/mol. The first kappa shape index (κ1) is 7.94. The summed E-state index contributed by atoms with van der Waals surface area (Å²) >= 11 is 1.40. The van der Waals surface area contributed by atoms with Gasteiger partial charge in [-0.05, 0) is 12.8 Å². The average Bonchev–Trinajstić information content (AvgIpc) is 2.59. The van der Waals surface area contributed by atoms with Crippen molar-refractivity contribution in [2.24, 2.45) is 0 Å². The second-order valence-electron chi connectivity index (χ2n) is 2.78. The number of ether oxygens (including phenoxy) is 1. The summed E-state index contributed by atoms with van der Waals surface area (Å²) in [6.45, 7) is 1.72. The largest absolute Gasteiger partial charge is 0.381 e. The molecule has 0 aromatic carbocycles. The summed E-state index contributed by atoms with van der Waals surface area (Å²) in [6.07, 6.45) is 3.71. The van der Waals surface area contributed by atoms with E-state index in [4.69, 9.17) is 4.74 Å². The third kappa shape index (κ3) is 1.92. The summed E-state index contributed by atoms with van der Waals surface area (Å²) in [6, 6.07) is 0.520. The molecule has 1 aromatic heterocycles. The maximum atomic E-state index is 5.25. The Morgan fingerprint density at radius 3 is 3.00 bits per heavy atom. The molecule has 2 rings (SSSR count). The zero-order chi connectivity index (χ0) is 8.23. The van der Waals surface area contributed by atoms with E-state index in [0.29, 0.717) is 6.04 Å². The Balaban J connectivity index is 1.86. The van der Waals surface area contributed by atoms with Crippen LogP contribution in [0.4, 0.5) is 5.13 Å². The van der Waals surface area contributed by atoms with E-state index in [9.17, 15) is 0 Å². The number of hydrogen-bond donors (Lipinski definition) is 1. The highest BCUT2D eigenvalue weighted by atomic mass is 32.1. The first-order chi connectivity index (χ1) is 5.95. The van der Waals surface area contributed by atoms with Crippen molar-refractivity contribution in [3.05, 3.63) is 6.33 Å². The molecule has 0 aliphatic carbocycles. The molecule has 5 heteroatoms. The third-order valence-electron chi connectivity index (χ3n) is 1.91. The Kier molecular flexibility index (Phi) is 2.53. The molecule has 1 N–H and O–H groups in total. The number of nitrogens with zero attached hydrogens (tertiary/aromatic N) is 2. The van der Waals surface area contributed by atoms with Crippen LogP contribution in [-0.4, -0.2) is 28.6 Å². The van der Waals surface area contributed by atoms with Crippen molar-refractivity contribution in [3.8, 4) is 0 Å². The first-order valence-corrected chi connectivity index (χ1v) is 4.83. The van der Waals surface area contributed by atoms with Gasteiger partial charge >= 0.3 is 0 Å². The average molecular weight is 185 g/mol. The monoisotopic (exact) mass is 185 g/mol. The SMILES string of the molecule is c1nsc(NC2CCOCC2)n1. The lowest BCUT2D eigenvalue weighted by Gasteiger charge is -2.22. The van der Waals surface area contributed by atoms with Gasteiger partial charge in [-0.3, -0.25) is 0 Å². The lowest BCUT2D eigenvalue weighted by molar-refractivity contribution is 0.0904. The molecule has 4 nitrogen and oxygen atoms in total. The van der Waals surface area contributed by atoms with E-state index >= 15 is 0 Å². The van der Waals surface area contributed by atoms with Gasteiger partial charge in [0.05, 0.1) is 0 Å². The molecule has 0 spiro atoms. The molecule has 0 radical (unpaired) electrons. The summed E-state index contributed by atoms with van der Waals surface area (Å²) in [7, 11) is 0. The van der Waals surface area contributed by atoms with Crippen molar-refractivity contribution < 1.29 is 4.74 Å². The molecule has 0 amide bonds. The number of rotatable bonds is 2. The molecule has 66 valence electrons. The minimum Gasteiger partial charge on any atom is -0.381 e. The number of aromatic nitrogens is 2. The summed E-state index contributed by atoms with van der Waals surface area (Å²) in [4.78, 5) is 4.07. The van der Waals surface area contributed by atoms with Gasteiger partial charge in [0.15, 0.2) is 0 Å². The number of anilines is 1. The van der Waals surface area contributed by atoms with Crippen molar-refractivity contribution in [1.82, 2.24) is 9.36 Å². The van der Waals surface area contributed by atoms with E-state index in [0.717, 1.165) is 31.2 Å². The van der Waals surface area contributed by atoms with E-state index in [1.165, 1.54) is 11.5 Å². The lowest BCUT2D eigenvalue weighted by Crippen LogP contribution is -2.27. The van der Waals surface area contributed by atoms with Crippen LogP contribution in [0.25, 0.3) is 0 Å². The molecule has 0 bridgehead atoms. The zero-order valence-corrected chi connectivity index (χ0v) is 7.51. The van der Waals surface area contributed by atoms with Crippen LogP contribution in [0, 0.1) is 0 Å². The smallest absolute Gasteiger partial charge is 0.202 e. The Hall–Kier alpha value is -0.680. The van der Waals surface area contributed by atoms with Gasteiger partial charge in [-0.15, -0.1) is 0 Å². The second kappa shape index (κ2) is 3.82. The summed E-state index contributed by atoms with van der Waals surface area (Å²) in [5.41, 5.74) is 0. The zero-order valence-electron chi connectivity index (χ0n) is 6.69. The van der Waals surface area contributed by atoms with E-state index in [1.54, 1.807) is 6.33 Å². The molecule has 1 aliphatic rings. The third-order valence-corrected chi connectivity index (χ3v) is 2.51. The quantitative estimate of drug-likeness (QED) is 0.750.